The van der Waals surface area contributed by atoms with Crippen LogP contribution in [0.4, 0.5) is 0 Å². The predicted molar refractivity (Wildman–Crippen MR) is 79.8 cm³/mol. The Morgan fingerprint density at radius 2 is 2.35 bits per heavy atom. The van der Waals surface area contributed by atoms with E-state index in [-0.39, 0.29) is 6.10 Å². The zero-order valence-corrected chi connectivity index (χ0v) is 12.9. The fourth-order valence-corrected chi connectivity index (χ4v) is 2.74. The molecule has 5 heteroatoms. The summed E-state index contributed by atoms with van der Waals surface area (Å²) in [4.78, 5) is 4.23. The van der Waals surface area contributed by atoms with Crippen LogP contribution in [0.25, 0.3) is 0 Å². The van der Waals surface area contributed by atoms with Gasteiger partial charge in [-0.05, 0) is 23.8 Å². The maximum absolute atomic E-state index is 5.89. The van der Waals surface area contributed by atoms with Gasteiger partial charge in [0.05, 0.1) is 12.7 Å². The van der Waals surface area contributed by atoms with Crippen molar-refractivity contribution in [2.45, 2.75) is 32.4 Å². The van der Waals surface area contributed by atoms with Gasteiger partial charge < -0.3 is 14.5 Å². The number of ether oxygens (including phenoxy) is 1. The molecule has 0 radical (unpaired) electrons. The number of fused-ring (bicyclic) bond motifs is 1. The molecule has 0 aliphatic carbocycles. The second kappa shape index (κ2) is 5.97. The molecule has 1 atom stereocenters. The monoisotopic (exact) mass is 336 g/mol. The van der Waals surface area contributed by atoms with Gasteiger partial charge in [0.2, 0.25) is 5.89 Å². The standard InChI is InChI=1S/C15H17BrN2O2/c1-2-12-8-18-15(20-12)9-17-7-13-6-10-5-11(16)3-4-14(10)19-13/h3-5,8,13,17H,2,6-7,9H2,1H3. The van der Waals surface area contributed by atoms with E-state index in [9.17, 15) is 0 Å². The van der Waals surface area contributed by atoms with Crippen molar-refractivity contribution in [3.05, 3.63) is 46.1 Å². The molecule has 0 saturated carbocycles. The topological polar surface area (TPSA) is 47.3 Å². The van der Waals surface area contributed by atoms with Crippen LogP contribution in [0.2, 0.25) is 0 Å². The van der Waals surface area contributed by atoms with Crippen molar-refractivity contribution in [3.63, 3.8) is 0 Å². The third kappa shape index (κ3) is 3.04. The molecule has 0 fully saturated rings. The largest absolute Gasteiger partial charge is 0.488 e. The highest BCUT2D eigenvalue weighted by molar-refractivity contribution is 9.10. The van der Waals surface area contributed by atoms with Crippen molar-refractivity contribution in [2.75, 3.05) is 6.54 Å². The maximum Gasteiger partial charge on any atom is 0.208 e. The van der Waals surface area contributed by atoms with Gasteiger partial charge in [-0.2, -0.15) is 0 Å². The minimum atomic E-state index is 0.180. The van der Waals surface area contributed by atoms with Gasteiger partial charge in [-0.1, -0.05) is 22.9 Å². The molecule has 1 unspecified atom stereocenters. The van der Waals surface area contributed by atoms with Gasteiger partial charge in [0.15, 0.2) is 0 Å². The maximum atomic E-state index is 5.89. The lowest BCUT2D eigenvalue weighted by atomic mass is 10.1. The Balaban J connectivity index is 1.49. The summed E-state index contributed by atoms with van der Waals surface area (Å²) in [6.45, 7) is 3.48. The molecule has 20 heavy (non-hydrogen) atoms. The van der Waals surface area contributed by atoms with Gasteiger partial charge in [0.25, 0.3) is 0 Å². The van der Waals surface area contributed by atoms with Crippen LogP contribution in [-0.4, -0.2) is 17.6 Å². The zero-order valence-electron chi connectivity index (χ0n) is 11.4. The van der Waals surface area contributed by atoms with Gasteiger partial charge in [-0.25, -0.2) is 4.98 Å². The minimum absolute atomic E-state index is 0.180. The van der Waals surface area contributed by atoms with Gasteiger partial charge in [0, 0.05) is 23.9 Å². The average molecular weight is 337 g/mol. The molecule has 0 saturated heterocycles. The highest BCUT2D eigenvalue weighted by Gasteiger charge is 2.22. The van der Waals surface area contributed by atoms with E-state index in [0.29, 0.717) is 6.54 Å². The fourth-order valence-electron chi connectivity index (χ4n) is 2.34. The number of hydrogen-bond acceptors (Lipinski definition) is 4. The lowest BCUT2D eigenvalue weighted by molar-refractivity contribution is 0.225. The number of aryl methyl sites for hydroxylation is 1. The third-order valence-electron chi connectivity index (χ3n) is 3.36. The van der Waals surface area contributed by atoms with Crippen LogP contribution in [-0.2, 0) is 19.4 Å². The summed E-state index contributed by atoms with van der Waals surface area (Å²) in [7, 11) is 0. The van der Waals surface area contributed by atoms with Gasteiger partial charge >= 0.3 is 0 Å². The number of aromatic nitrogens is 1. The van der Waals surface area contributed by atoms with E-state index in [0.717, 1.165) is 41.3 Å². The van der Waals surface area contributed by atoms with Crippen LogP contribution in [0.5, 0.6) is 5.75 Å². The van der Waals surface area contributed by atoms with E-state index in [1.54, 1.807) is 6.20 Å². The Labute approximate surface area is 126 Å². The summed E-state index contributed by atoms with van der Waals surface area (Å²) in [6.07, 6.45) is 3.78. The molecule has 1 aliphatic rings. The van der Waals surface area contributed by atoms with E-state index in [2.05, 4.69) is 39.2 Å². The molecule has 1 N–H and O–H groups in total. The lowest BCUT2D eigenvalue weighted by Crippen LogP contribution is -2.29. The van der Waals surface area contributed by atoms with Crippen molar-refractivity contribution in [2.24, 2.45) is 0 Å². The molecule has 2 heterocycles. The first-order chi connectivity index (χ1) is 9.74. The van der Waals surface area contributed by atoms with Gasteiger partial charge in [-0.15, -0.1) is 0 Å². The summed E-state index contributed by atoms with van der Waals surface area (Å²) in [6, 6.07) is 6.14. The second-order valence-electron chi connectivity index (χ2n) is 4.90. The van der Waals surface area contributed by atoms with Crippen LogP contribution in [0.3, 0.4) is 0 Å². The Hall–Kier alpha value is -1.33. The first-order valence-corrected chi connectivity index (χ1v) is 7.63. The van der Waals surface area contributed by atoms with E-state index in [4.69, 9.17) is 9.15 Å². The lowest BCUT2D eigenvalue weighted by Gasteiger charge is -2.10. The van der Waals surface area contributed by atoms with Crippen molar-refractivity contribution in [1.29, 1.82) is 0 Å². The summed E-state index contributed by atoms with van der Waals surface area (Å²) >= 11 is 3.49. The van der Waals surface area contributed by atoms with Crippen LogP contribution in [0, 0.1) is 0 Å². The van der Waals surface area contributed by atoms with Gasteiger partial charge in [-0.3, -0.25) is 0 Å². The quantitative estimate of drug-likeness (QED) is 0.911. The molecule has 1 aromatic heterocycles. The Morgan fingerprint density at radius 3 is 3.15 bits per heavy atom. The van der Waals surface area contributed by atoms with Crippen LogP contribution in [0.1, 0.15) is 24.1 Å². The van der Waals surface area contributed by atoms with Crippen LogP contribution < -0.4 is 10.1 Å². The van der Waals surface area contributed by atoms with Gasteiger partial charge in [0.1, 0.15) is 17.6 Å². The third-order valence-corrected chi connectivity index (χ3v) is 3.86. The van der Waals surface area contributed by atoms with Crippen molar-refractivity contribution in [3.8, 4) is 5.75 Å². The van der Waals surface area contributed by atoms with Crippen molar-refractivity contribution >= 4 is 15.9 Å². The van der Waals surface area contributed by atoms with Crippen LogP contribution >= 0.6 is 15.9 Å². The molecule has 106 valence electrons. The Morgan fingerprint density at radius 1 is 1.45 bits per heavy atom. The molecular formula is C15H17BrN2O2. The number of oxazole rings is 1. The van der Waals surface area contributed by atoms with E-state index in [1.807, 2.05) is 12.1 Å². The predicted octanol–water partition coefficient (Wildman–Crippen LogP) is 3.09. The number of hydrogen-bond donors (Lipinski definition) is 1. The second-order valence-corrected chi connectivity index (χ2v) is 5.82. The Bertz CT molecular complexity index is 597. The molecule has 4 nitrogen and oxygen atoms in total. The van der Waals surface area contributed by atoms with Crippen LogP contribution in [0.15, 0.2) is 33.3 Å². The molecule has 3 rings (SSSR count). The highest BCUT2D eigenvalue weighted by Crippen LogP contribution is 2.30. The molecule has 0 spiro atoms. The number of nitrogens with zero attached hydrogens (tertiary/aromatic N) is 1. The highest BCUT2D eigenvalue weighted by atomic mass is 79.9. The van der Waals surface area contributed by atoms with Crippen molar-refractivity contribution in [1.82, 2.24) is 10.3 Å². The summed E-state index contributed by atoms with van der Waals surface area (Å²) in [5, 5.41) is 3.34. The minimum Gasteiger partial charge on any atom is -0.488 e. The molecule has 1 aromatic carbocycles. The zero-order chi connectivity index (χ0) is 13.9. The first kappa shape index (κ1) is 13.6. The number of nitrogens with one attached hydrogen (secondary N) is 1. The number of halogens is 1. The first-order valence-electron chi connectivity index (χ1n) is 6.84. The molecule has 0 bridgehead atoms. The summed E-state index contributed by atoms with van der Waals surface area (Å²) in [5.74, 6) is 2.65. The van der Waals surface area contributed by atoms with E-state index in [1.165, 1.54) is 5.56 Å². The summed E-state index contributed by atoms with van der Waals surface area (Å²) < 4.78 is 12.5. The fraction of sp³-hybridized carbons (Fsp3) is 0.400. The van der Waals surface area contributed by atoms with Crippen molar-refractivity contribution < 1.29 is 9.15 Å². The smallest absolute Gasteiger partial charge is 0.208 e. The Kier molecular flexibility index (Phi) is 4.08. The average Bonchev–Trinajstić information content (AvgIpc) is 3.04. The number of benzene rings is 1. The van der Waals surface area contributed by atoms with E-state index < -0.39 is 0 Å². The summed E-state index contributed by atoms with van der Waals surface area (Å²) in [5.41, 5.74) is 1.26. The van der Waals surface area contributed by atoms with E-state index >= 15 is 0 Å². The number of rotatable bonds is 5. The normalized spacial score (nSPS) is 17.0. The molecule has 2 aromatic rings. The SMILES string of the molecule is CCc1cnc(CNCC2Cc3cc(Br)ccc3O2)o1. The molecule has 1 aliphatic heterocycles. The molecular weight excluding hydrogens is 320 g/mol. The molecule has 0 amide bonds.